The Labute approximate surface area is 92.5 Å². The van der Waals surface area contributed by atoms with Gasteiger partial charge in [-0.3, -0.25) is 4.68 Å². The van der Waals surface area contributed by atoms with Gasteiger partial charge >= 0.3 is 0 Å². The van der Waals surface area contributed by atoms with E-state index in [1.165, 1.54) is 0 Å². The molecule has 2 aromatic rings. The van der Waals surface area contributed by atoms with E-state index in [0.29, 0.717) is 11.1 Å². The fourth-order valence-corrected chi connectivity index (χ4v) is 1.63. The Balaban J connectivity index is 2.64. The van der Waals surface area contributed by atoms with Crippen LogP contribution < -0.4 is 5.73 Å². The standard InChI is InChI=1S/C9H12ClN5/c1-5-7(13-15(3)8(5)11)6-4-12-9(10)14(6)2/h4H,11H2,1-3H3. The molecule has 0 radical (unpaired) electrons. The predicted molar refractivity (Wildman–Crippen MR) is 59.6 cm³/mol. The predicted octanol–water partition coefficient (Wildman–Crippen LogP) is 1.36. The fraction of sp³-hybridized carbons (Fsp3) is 0.333. The maximum atomic E-state index is 5.86. The molecule has 0 saturated carbocycles. The van der Waals surface area contributed by atoms with Crippen molar-refractivity contribution < 1.29 is 0 Å². The molecule has 0 fully saturated rings. The van der Waals surface area contributed by atoms with Crippen molar-refractivity contribution in [2.45, 2.75) is 6.92 Å². The van der Waals surface area contributed by atoms with E-state index in [2.05, 4.69) is 10.1 Å². The zero-order chi connectivity index (χ0) is 11.2. The Morgan fingerprint density at radius 2 is 2.07 bits per heavy atom. The summed E-state index contributed by atoms with van der Waals surface area (Å²) in [4.78, 5) is 4.01. The van der Waals surface area contributed by atoms with Gasteiger partial charge in [0.05, 0.1) is 11.9 Å². The summed E-state index contributed by atoms with van der Waals surface area (Å²) in [5.74, 6) is 0.655. The minimum absolute atomic E-state index is 0.439. The van der Waals surface area contributed by atoms with Gasteiger partial charge in [-0.25, -0.2) is 4.98 Å². The summed E-state index contributed by atoms with van der Waals surface area (Å²) in [6.07, 6.45) is 1.69. The first kappa shape index (κ1) is 10.0. The molecule has 6 heteroatoms. The highest BCUT2D eigenvalue weighted by molar-refractivity contribution is 6.28. The number of rotatable bonds is 1. The first-order valence-corrected chi connectivity index (χ1v) is 4.86. The van der Waals surface area contributed by atoms with Crippen molar-refractivity contribution >= 4 is 17.4 Å². The van der Waals surface area contributed by atoms with E-state index < -0.39 is 0 Å². The molecule has 2 N–H and O–H groups in total. The number of nitrogens with two attached hydrogens (primary N) is 1. The van der Waals surface area contributed by atoms with Crippen LogP contribution in [0.4, 0.5) is 5.82 Å². The molecular weight excluding hydrogens is 214 g/mol. The molecule has 0 atom stereocenters. The van der Waals surface area contributed by atoms with Crippen LogP contribution in [0.25, 0.3) is 11.4 Å². The SMILES string of the molecule is Cc1c(-c2cnc(Cl)n2C)nn(C)c1N. The monoisotopic (exact) mass is 225 g/mol. The van der Waals surface area contributed by atoms with E-state index >= 15 is 0 Å². The van der Waals surface area contributed by atoms with Crippen LogP contribution in [0.3, 0.4) is 0 Å². The smallest absolute Gasteiger partial charge is 0.202 e. The van der Waals surface area contributed by atoms with Gasteiger partial charge in [0, 0.05) is 19.7 Å². The lowest BCUT2D eigenvalue weighted by Crippen LogP contribution is -1.97. The molecule has 2 heterocycles. The highest BCUT2D eigenvalue weighted by Gasteiger charge is 2.15. The summed E-state index contributed by atoms with van der Waals surface area (Å²) in [5.41, 5.74) is 8.46. The van der Waals surface area contributed by atoms with E-state index in [4.69, 9.17) is 17.3 Å². The maximum absolute atomic E-state index is 5.86. The van der Waals surface area contributed by atoms with Crippen LogP contribution in [0, 0.1) is 6.92 Å². The van der Waals surface area contributed by atoms with Gasteiger partial charge in [-0.05, 0) is 18.5 Å². The zero-order valence-corrected chi connectivity index (χ0v) is 9.58. The molecule has 0 spiro atoms. The minimum Gasteiger partial charge on any atom is -0.384 e. The lowest BCUT2D eigenvalue weighted by Gasteiger charge is -1.99. The Morgan fingerprint density at radius 3 is 2.47 bits per heavy atom. The topological polar surface area (TPSA) is 61.7 Å². The van der Waals surface area contributed by atoms with Crippen molar-refractivity contribution in [1.29, 1.82) is 0 Å². The van der Waals surface area contributed by atoms with Gasteiger partial charge in [-0.1, -0.05) is 0 Å². The van der Waals surface area contributed by atoms with Crippen LogP contribution >= 0.6 is 11.6 Å². The summed E-state index contributed by atoms with van der Waals surface area (Å²) in [6.45, 7) is 1.93. The van der Waals surface area contributed by atoms with Gasteiger partial charge in [0.15, 0.2) is 0 Å². The second-order valence-electron chi connectivity index (χ2n) is 3.45. The number of aromatic nitrogens is 4. The third-order valence-electron chi connectivity index (χ3n) is 2.51. The molecule has 2 rings (SSSR count). The van der Waals surface area contributed by atoms with Gasteiger partial charge < -0.3 is 10.3 Å². The van der Waals surface area contributed by atoms with E-state index in [9.17, 15) is 0 Å². The summed E-state index contributed by atoms with van der Waals surface area (Å²) in [6, 6.07) is 0. The highest BCUT2D eigenvalue weighted by atomic mass is 35.5. The molecule has 80 valence electrons. The summed E-state index contributed by atoms with van der Waals surface area (Å²) in [7, 11) is 3.65. The second kappa shape index (κ2) is 3.27. The molecule has 0 aliphatic rings. The van der Waals surface area contributed by atoms with Crippen molar-refractivity contribution in [2.75, 3.05) is 5.73 Å². The maximum Gasteiger partial charge on any atom is 0.202 e. The Kier molecular flexibility index (Phi) is 2.19. The number of nitrogens with zero attached hydrogens (tertiary/aromatic N) is 4. The summed E-state index contributed by atoms with van der Waals surface area (Å²) in [5, 5.41) is 4.76. The third kappa shape index (κ3) is 1.39. The summed E-state index contributed by atoms with van der Waals surface area (Å²) < 4.78 is 3.42. The number of hydrogen-bond donors (Lipinski definition) is 1. The Bertz CT molecular complexity index is 511. The molecule has 0 bridgehead atoms. The van der Waals surface area contributed by atoms with Crippen molar-refractivity contribution in [3.63, 3.8) is 0 Å². The van der Waals surface area contributed by atoms with Crippen LogP contribution in [-0.2, 0) is 14.1 Å². The van der Waals surface area contributed by atoms with Crippen molar-refractivity contribution in [3.05, 3.63) is 17.0 Å². The number of imidazole rings is 1. The van der Waals surface area contributed by atoms with Gasteiger partial charge in [0.25, 0.3) is 0 Å². The second-order valence-corrected chi connectivity index (χ2v) is 3.79. The van der Waals surface area contributed by atoms with Gasteiger partial charge in [0.1, 0.15) is 11.5 Å². The third-order valence-corrected chi connectivity index (χ3v) is 2.86. The molecule has 0 unspecified atom stereocenters. The molecule has 5 nitrogen and oxygen atoms in total. The van der Waals surface area contributed by atoms with Crippen molar-refractivity contribution in [1.82, 2.24) is 19.3 Å². The first-order valence-electron chi connectivity index (χ1n) is 4.49. The highest BCUT2D eigenvalue weighted by Crippen LogP contribution is 2.26. The van der Waals surface area contributed by atoms with E-state index in [1.807, 2.05) is 21.0 Å². The summed E-state index contributed by atoms with van der Waals surface area (Å²) >= 11 is 5.86. The van der Waals surface area contributed by atoms with E-state index in [-0.39, 0.29) is 0 Å². The Hall–Kier alpha value is -1.49. The number of nitrogen functional groups attached to an aromatic ring is 1. The minimum atomic E-state index is 0.439. The zero-order valence-electron chi connectivity index (χ0n) is 8.82. The van der Waals surface area contributed by atoms with Crippen LogP contribution in [0.1, 0.15) is 5.56 Å². The molecule has 0 saturated heterocycles. The molecule has 2 aromatic heterocycles. The lowest BCUT2D eigenvalue weighted by atomic mass is 10.2. The molecule has 0 aromatic carbocycles. The number of anilines is 1. The molecule has 0 amide bonds. The fourth-order valence-electron chi connectivity index (χ4n) is 1.49. The van der Waals surface area contributed by atoms with E-state index in [0.717, 1.165) is 17.0 Å². The van der Waals surface area contributed by atoms with Crippen LogP contribution in [0.5, 0.6) is 0 Å². The number of aryl methyl sites for hydroxylation is 1. The average molecular weight is 226 g/mol. The average Bonchev–Trinajstić information content (AvgIpc) is 2.64. The van der Waals surface area contributed by atoms with Gasteiger partial charge in [0.2, 0.25) is 5.28 Å². The molecule has 15 heavy (non-hydrogen) atoms. The van der Waals surface area contributed by atoms with Crippen LogP contribution in [0.15, 0.2) is 6.20 Å². The van der Waals surface area contributed by atoms with Crippen molar-refractivity contribution in [3.8, 4) is 11.4 Å². The first-order chi connectivity index (χ1) is 7.02. The van der Waals surface area contributed by atoms with E-state index in [1.54, 1.807) is 15.4 Å². The van der Waals surface area contributed by atoms with Gasteiger partial charge in [-0.15, -0.1) is 0 Å². The molecule has 0 aliphatic heterocycles. The normalized spacial score (nSPS) is 10.9. The quantitative estimate of drug-likeness (QED) is 0.797. The lowest BCUT2D eigenvalue weighted by molar-refractivity contribution is 0.778. The Morgan fingerprint density at radius 1 is 1.40 bits per heavy atom. The van der Waals surface area contributed by atoms with Crippen molar-refractivity contribution in [2.24, 2.45) is 14.1 Å². The number of hydrogen-bond acceptors (Lipinski definition) is 3. The molecule has 0 aliphatic carbocycles. The van der Waals surface area contributed by atoms with Crippen LogP contribution in [-0.4, -0.2) is 19.3 Å². The molecular formula is C9H12ClN5. The number of halogens is 1. The largest absolute Gasteiger partial charge is 0.384 e. The van der Waals surface area contributed by atoms with Gasteiger partial charge in [-0.2, -0.15) is 5.10 Å². The van der Waals surface area contributed by atoms with Crippen LogP contribution in [0.2, 0.25) is 5.28 Å².